The van der Waals surface area contributed by atoms with Crippen LogP contribution in [-0.2, 0) is 0 Å². The van der Waals surface area contributed by atoms with Crippen molar-refractivity contribution in [1.29, 1.82) is 0 Å². The smallest absolute Gasteiger partial charge is 0.0473 e. The quantitative estimate of drug-likeness (QED) is 0.811. The number of hydrogen-bond acceptors (Lipinski definition) is 2. The highest BCUT2D eigenvalue weighted by Crippen LogP contribution is 2.31. The summed E-state index contributed by atoms with van der Waals surface area (Å²) in [5, 5.41) is 0. The van der Waals surface area contributed by atoms with Gasteiger partial charge in [0.15, 0.2) is 0 Å². The first kappa shape index (κ1) is 16.5. The molecule has 1 fully saturated rings. The SMILES string of the molecule is Cc1cccc(C(CN)N(CCC(C)C)C2CCCC2)c1. The lowest BCUT2D eigenvalue weighted by Crippen LogP contribution is -2.41. The third-order valence-corrected chi connectivity index (χ3v) is 4.81. The van der Waals surface area contributed by atoms with E-state index in [0.29, 0.717) is 6.04 Å². The molecule has 0 aliphatic heterocycles. The maximum Gasteiger partial charge on any atom is 0.0473 e. The third kappa shape index (κ3) is 4.55. The predicted molar refractivity (Wildman–Crippen MR) is 91.4 cm³/mol. The number of nitrogens with two attached hydrogens (primary N) is 1. The molecule has 0 bridgehead atoms. The Morgan fingerprint density at radius 1 is 1.24 bits per heavy atom. The number of aryl methyl sites for hydroxylation is 1. The van der Waals surface area contributed by atoms with Gasteiger partial charge in [0.05, 0.1) is 0 Å². The van der Waals surface area contributed by atoms with E-state index in [-0.39, 0.29) is 0 Å². The molecule has 1 aliphatic carbocycles. The summed E-state index contributed by atoms with van der Waals surface area (Å²) in [6.07, 6.45) is 6.72. The Balaban J connectivity index is 2.18. The van der Waals surface area contributed by atoms with Gasteiger partial charge in [-0.05, 0) is 44.2 Å². The van der Waals surface area contributed by atoms with Crippen molar-refractivity contribution in [2.24, 2.45) is 11.7 Å². The standard InChI is InChI=1S/C19H32N2/c1-15(2)11-12-21(18-9-4-5-10-18)19(14-20)17-8-6-7-16(3)13-17/h6-8,13,15,18-19H,4-5,9-12,14,20H2,1-3H3. The summed E-state index contributed by atoms with van der Waals surface area (Å²) in [7, 11) is 0. The van der Waals surface area contributed by atoms with E-state index in [9.17, 15) is 0 Å². The Morgan fingerprint density at radius 2 is 1.95 bits per heavy atom. The van der Waals surface area contributed by atoms with Crippen LogP contribution < -0.4 is 5.73 Å². The topological polar surface area (TPSA) is 29.3 Å². The van der Waals surface area contributed by atoms with Crippen molar-refractivity contribution in [3.8, 4) is 0 Å². The van der Waals surface area contributed by atoms with Gasteiger partial charge in [-0.3, -0.25) is 4.90 Å². The molecule has 0 aromatic heterocycles. The largest absolute Gasteiger partial charge is 0.329 e. The number of benzene rings is 1. The van der Waals surface area contributed by atoms with Crippen LogP contribution in [0.25, 0.3) is 0 Å². The minimum absolute atomic E-state index is 0.381. The van der Waals surface area contributed by atoms with E-state index >= 15 is 0 Å². The fourth-order valence-electron chi connectivity index (χ4n) is 3.58. The second-order valence-corrected chi connectivity index (χ2v) is 7.02. The van der Waals surface area contributed by atoms with Crippen LogP contribution in [0.4, 0.5) is 0 Å². The van der Waals surface area contributed by atoms with Gasteiger partial charge in [0.25, 0.3) is 0 Å². The second kappa shape index (κ2) is 7.95. The van der Waals surface area contributed by atoms with Crippen molar-refractivity contribution in [3.05, 3.63) is 35.4 Å². The fourth-order valence-corrected chi connectivity index (χ4v) is 3.58. The normalized spacial score (nSPS) is 17.8. The van der Waals surface area contributed by atoms with Gasteiger partial charge >= 0.3 is 0 Å². The Labute approximate surface area is 130 Å². The van der Waals surface area contributed by atoms with Gasteiger partial charge in [-0.1, -0.05) is 56.5 Å². The Bertz CT molecular complexity index is 421. The molecule has 2 N–H and O–H groups in total. The van der Waals surface area contributed by atoms with Gasteiger partial charge in [0, 0.05) is 18.6 Å². The van der Waals surface area contributed by atoms with Crippen molar-refractivity contribution in [1.82, 2.24) is 4.90 Å². The highest BCUT2D eigenvalue weighted by atomic mass is 15.2. The number of nitrogens with zero attached hydrogens (tertiary/aromatic N) is 1. The molecule has 118 valence electrons. The molecule has 0 saturated heterocycles. The molecule has 0 radical (unpaired) electrons. The number of rotatable bonds is 7. The average Bonchev–Trinajstić information content (AvgIpc) is 2.97. The summed E-state index contributed by atoms with van der Waals surface area (Å²) in [4.78, 5) is 2.71. The maximum atomic E-state index is 6.19. The van der Waals surface area contributed by atoms with Gasteiger partial charge in [-0.15, -0.1) is 0 Å². The first-order valence-electron chi connectivity index (χ1n) is 8.64. The summed E-state index contributed by atoms with van der Waals surface area (Å²) in [6.45, 7) is 8.70. The molecule has 21 heavy (non-hydrogen) atoms. The molecule has 1 aromatic carbocycles. The van der Waals surface area contributed by atoms with Gasteiger partial charge in [-0.2, -0.15) is 0 Å². The highest BCUT2D eigenvalue weighted by molar-refractivity contribution is 5.25. The van der Waals surface area contributed by atoms with Crippen LogP contribution in [-0.4, -0.2) is 24.0 Å². The van der Waals surface area contributed by atoms with Crippen LogP contribution in [0.5, 0.6) is 0 Å². The van der Waals surface area contributed by atoms with Gasteiger partial charge in [-0.25, -0.2) is 0 Å². The van der Waals surface area contributed by atoms with E-state index in [0.717, 1.165) is 18.5 Å². The first-order valence-corrected chi connectivity index (χ1v) is 8.64. The van der Waals surface area contributed by atoms with E-state index in [1.807, 2.05) is 0 Å². The maximum absolute atomic E-state index is 6.19. The van der Waals surface area contributed by atoms with Crippen molar-refractivity contribution < 1.29 is 0 Å². The van der Waals surface area contributed by atoms with Crippen molar-refractivity contribution >= 4 is 0 Å². The monoisotopic (exact) mass is 288 g/mol. The molecule has 0 amide bonds. The molecule has 1 saturated carbocycles. The van der Waals surface area contributed by atoms with Crippen LogP contribution in [0.2, 0.25) is 0 Å². The Kier molecular flexibility index (Phi) is 6.25. The van der Waals surface area contributed by atoms with E-state index in [1.165, 1.54) is 49.8 Å². The highest BCUT2D eigenvalue weighted by Gasteiger charge is 2.28. The minimum Gasteiger partial charge on any atom is -0.329 e. The Morgan fingerprint density at radius 3 is 2.52 bits per heavy atom. The molecular formula is C19H32N2. The molecule has 1 aliphatic rings. The fraction of sp³-hybridized carbons (Fsp3) is 0.684. The molecule has 0 heterocycles. The molecule has 2 rings (SSSR count). The molecule has 1 unspecified atom stereocenters. The summed E-state index contributed by atoms with van der Waals surface area (Å²) in [6, 6.07) is 10.0. The minimum atomic E-state index is 0.381. The number of hydrogen-bond donors (Lipinski definition) is 1. The molecular weight excluding hydrogens is 256 g/mol. The van der Waals surface area contributed by atoms with Crippen molar-refractivity contribution in [2.75, 3.05) is 13.1 Å². The lowest BCUT2D eigenvalue weighted by atomic mass is 9.99. The molecule has 2 heteroatoms. The summed E-state index contributed by atoms with van der Waals surface area (Å²) >= 11 is 0. The van der Waals surface area contributed by atoms with Gasteiger partial charge in [0.2, 0.25) is 0 Å². The zero-order valence-electron chi connectivity index (χ0n) is 14.0. The van der Waals surface area contributed by atoms with Crippen LogP contribution in [0, 0.1) is 12.8 Å². The van der Waals surface area contributed by atoms with Gasteiger partial charge in [0.1, 0.15) is 0 Å². The second-order valence-electron chi connectivity index (χ2n) is 7.02. The third-order valence-electron chi connectivity index (χ3n) is 4.81. The van der Waals surface area contributed by atoms with E-state index in [2.05, 4.69) is 49.9 Å². The average molecular weight is 288 g/mol. The van der Waals surface area contributed by atoms with E-state index in [4.69, 9.17) is 5.73 Å². The van der Waals surface area contributed by atoms with Crippen molar-refractivity contribution in [2.45, 2.75) is 65.0 Å². The van der Waals surface area contributed by atoms with Crippen LogP contribution in [0.3, 0.4) is 0 Å². The molecule has 1 aromatic rings. The summed E-state index contributed by atoms with van der Waals surface area (Å²) < 4.78 is 0. The molecule has 1 atom stereocenters. The van der Waals surface area contributed by atoms with E-state index < -0.39 is 0 Å². The molecule has 2 nitrogen and oxygen atoms in total. The lowest BCUT2D eigenvalue weighted by molar-refractivity contribution is 0.131. The predicted octanol–water partition coefficient (Wildman–Crippen LogP) is 4.29. The van der Waals surface area contributed by atoms with Crippen LogP contribution in [0.15, 0.2) is 24.3 Å². The first-order chi connectivity index (χ1) is 10.1. The van der Waals surface area contributed by atoms with Crippen LogP contribution in [0.1, 0.15) is 63.1 Å². The summed E-state index contributed by atoms with van der Waals surface area (Å²) in [5.41, 5.74) is 8.92. The Hall–Kier alpha value is -0.860. The van der Waals surface area contributed by atoms with E-state index in [1.54, 1.807) is 0 Å². The lowest BCUT2D eigenvalue weighted by Gasteiger charge is -2.37. The van der Waals surface area contributed by atoms with Crippen LogP contribution >= 0.6 is 0 Å². The zero-order valence-corrected chi connectivity index (χ0v) is 14.0. The molecule has 0 spiro atoms. The van der Waals surface area contributed by atoms with Gasteiger partial charge < -0.3 is 5.73 Å². The van der Waals surface area contributed by atoms with Crippen molar-refractivity contribution in [3.63, 3.8) is 0 Å². The zero-order chi connectivity index (χ0) is 15.2. The summed E-state index contributed by atoms with van der Waals surface area (Å²) in [5.74, 6) is 0.754.